The lowest BCUT2D eigenvalue weighted by Crippen LogP contribution is -2.23. The summed E-state index contributed by atoms with van der Waals surface area (Å²) >= 11 is 0. The molecule has 0 bridgehead atoms. The SMILES string of the molecule is CN(C)S(=O)(=O)c1ccc(C(=O)NCc2ccn[nH]2)o1. The van der Waals surface area contributed by atoms with Crippen LogP contribution in [0.15, 0.2) is 33.9 Å². The van der Waals surface area contributed by atoms with Gasteiger partial charge in [-0.1, -0.05) is 0 Å². The van der Waals surface area contributed by atoms with E-state index in [0.29, 0.717) is 0 Å². The predicted octanol–water partition coefficient (Wildman–Crippen LogP) is 0.183. The molecule has 108 valence electrons. The third kappa shape index (κ3) is 2.89. The molecule has 0 aliphatic rings. The maximum atomic E-state index is 11.8. The fraction of sp³-hybridized carbons (Fsp3) is 0.273. The van der Waals surface area contributed by atoms with Crippen LogP contribution in [0.3, 0.4) is 0 Å². The predicted molar refractivity (Wildman–Crippen MR) is 69.3 cm³/mol. The van der Waals surface area contributed by atoms with E-state index in [0.717, 1.165) is 10.00 Å². The van der Waals surface area contributed by atoms with Gasteiger partial charge in [0.05, 0.1) is 12.2 Å². The standard InChI is InChI=1S/C11H14N4O4S/c1-15(2)20(17,18)10-4-3-9(19-10)11(16)12-7-8-5-6-13-14-8/h3-6H,7H2,1-2H3,(H,12,16)(H,13,14). The number of sulfonamides is 1. The monoisotopic (exact) mass is 298 g/mol. The quantitative estimate of drug-likeness (QED) is 0.818. The number of nitrogens with one attached hydrogen (secondary N) is 2. The van der Waals surface area contributed by atoms with Crippen LogP contribution in [0, 0.1) is 0 Å². The van der Waals surface area contributed by atoms with E-state index in [1.807, 2.05) is 0 Å². The van der Waals surface area contributed by atoms with Gasteiger partial charge in [0.25, 0.3) is 15.9 Å². The van der Waals surface area contributed by atoms with Crippen LogP contribution in [0.4, 0.5) is 0 Å². The third-order valence-electron chi connectivity index (χ3n) is 2.54. The maximum absolute atomic E-state index is 11.8. The Balaban J connectivity index is 2.07. The van der Waals surface area contributed by atoms with Crippen LogP contribution in [-0.2, 0) is 16.6 Å². The Bertz CT molecular complexity index is 688. The molecule has 0 fully saturated rings. The highest BCUT2D eigenvalue weighted by molar-refractivity contribution is 7.88. The lowest BCUT2D eigenvalue weighted by atomic mass is 10.4. The van der Waals surface area contributed by atoms with Gasteiger partial charge in [-0.25, -0.2) is 12.7 Å². The number of amides is 1. The fourth-order valence-electron chi connectivity index (χ4n) is 1.41. The molecule has 0 aliphatic carbocycles. The Kier molecular flexibility index (Phi) is 3.91. The number of aromatic amines is 1. The van der Waals surface area contributed by atoms with Gasteiger partial charge in [-0.2, -0.15) is 5.10 Å². The molecule has 8 nitrogen and oxygen atoms in total. The van der Waals surface area contributed by atoms with Crippen molar-refractivity contribution in [2.45, 2.75) is 11.6 Å². The Hall–Kier alpha value is -2.13. The van der Waals surface area contributed by atoms with E-state index in [4.69, 9.17) is 4.42 Å². The van der Waals surface area contributed by atoms with E-state index >= 15 is 0 Å². The van der Waals surface area contributed by atoms with Crippen LogP contribution in [0.25, 0.3) is 0 Å². The molecule has 2 rings (SSSR count). The average molecular weight is 298 g/mol. The number of furan rings is 1. The number of carbonyl (C=O) groups excluding carboxylic acids is 1. The molecule has 0 saturated carbocycles. The van der Waals surface area contributed by atoms with Crippen molar-refractivity contribution < 1.29 is 17.6 Å². The normalized spacial score (nSPS) is 11.8. The summed E-state index contributed by atoms with van der Waals surface area (Å²) in [4.78, 5) is 11.8. The Labute approximate surface area is 115 Å². The highest BCUT2D eigenvalue weighted by Gasteiger charge is 2.23. The number of nitrogens with zero attached hydrogens (tertiary/aromatic N) is 2. The minimum atomic E-state index is -3.68. The topological polar surface area (TPSA) is 108 Å². The molecule has 0 radical (unpaired) electrons. The number of hydrogen-bond donors (Lipinski definition) is 2. The van der Waals surface area contributed by atoms with E-state index in [1.54, 1.807) is 12.3 Å². The van der Waals surface area contributed by atoms with Gasteiger partial charge in [0.1, 0.15) is 0 Å². The first-order valence-electron chi connectivity index (χ1n) is 5.70. The first-order chi connectivity index (χ1) is 9.41. The van der Waals surface area contributed by atoms with Crippen LogP contribution in [-0.4, -0.2) is 42.9 Å². The summed E-state index contributed by atoms with van der Waals surface area (Å²) < 4.78 is 29.7. The van der Waals surface area contributed by atoms with Crippen molar-refractivity contribution in [2.75, 3.05) is 14.1 Å². The molecule has 0 spiro atoms. The smallest absolute Gasteiger partial charge is 0.287 e. The minimum Gasteiger partial charge on any atom is -0.438 e. The van der Waals surface area contributed by atoms with Crippen LogP contribution in [0.1, 0.15) is 16.2 Å². The Morgan fingerprint density at radius 3 is 2.75 bits per heavy atom. The van der Waals surface area contributed by atoms with Crippen LogP contribution in [0.5, 0.6) is 0 Å². The summed E-state index contributed by atoms with van der Waals surface area (Å²) in [6, 6.07) is 4.28. The van der Waals surface area contributed by atoms with Crippen molar-refractivity contribution in [3.8, 4) is 0 Å². The third-order valence-corrected chi connectivity index (χ3v) is 4.23. The Morgan fingerprint density at radius 1 is 1.40 bits per heavy atom. The van der Waals surface area contributed by atoms with Gasteiger partial charge in [-0.05, 0) is 18.2 Å². The zero-order valence-electron chi connectivity index (χ0n) is 11.0. The van der Waals surface area contributed by atoms with Crippen molar-refractivity contribution in [2.24, 2.45) is 0 Å². The fourth-order valence-corrected chi connectivity index (χ4v) is 2.20. The van der Waals surface area contributed by atoms with Crippen molar-refractivity contribution in [1.82, 2.24) is 19.8 Å². The lowest BCUT2D eigenvalue weighted by molar-refractivity contribution is 0.0917. The van der Waals surface area contributed by atoms with Gasteiger partial charge < -0.3 is 9.73 Å². The van der Waals surface area contributed by atoms with Crippen molar-refractivity contribution in [3.63, 3.8) is 0 Å². The van der Waals surface area contributed by atoms with Crippen molar-refractivity contribution in [3.05, 3.63) is 35.9 Å². The molecular formula is C11H14N4O4S. The molecule has 0 aliphatic heterocycles. The van der Waals surface area contributed by atoms with Crippen LogP contribution in [0.2, 0.25) is 0 Å². The first kappa shape index (κ1) is 14.3. The number of rotatable bonds is 5. The van der Waals surface area contributed by atoms with E-state index in [2.05, 4.69) is 15.5 Å². The Morgan fingerprint density at radius 2 is 2.15 bits per heavy atom. The molecule has 0 unspecified atom stereocenters. The summed E-state index contributed by atoms with van der Waals surface area (Å²) in [6.45, 7) is 0.245. The summed E-state index contributed by atoms with van der Waals surface area (Å²) in [5, 5.41) is 8.75. The van der Waals surface area contributed by atoms with Gasteiger partial charge in [0, 0.05) is 20.3 Å². The number of carbonyl (C=O) groups is 1. The van der Waals surface area contributed by atoms with Gasteiger partial charge in [0.15, 0.2) is 5.76 Å². The zero-order valence-corrected chi connectivity index (χ0v) is 11.8. The molecule has 0 atom stereocenters. The molecule has 0 saturated heterocycles. The van der Waals surface area contributed by atoms with Crippen LogP contribution < -0.4 is 5.32 Å². The highest BCUT2D eigenvalue weighted by atomic mass is 32.2. The lowest BCUT2D eigenvalue weighted by Gasteiger charge is -2.07. The van der Waals surface area contributed by atoms with Gasteiger partial charge in [-0.15, -0.1) is 0 Å². The van der Waals surface area contributed by atoms with E-state index in [9.17, 15) is 13.2 Å². The van der Waals surface area contributed by atoms with Crippen molar-refractivity contribution in [1.29, 1.82) is 0 Å². The summed E-state index contributed by atoms with van der Waals surface area (Å²) in [5.41, 5.74) is 0.728. The van der Waals surface area contributed by atoms with Gasteiger partial charge in [-0.3, -0.25) is 9.89 Å². The molecule has 2 aromatic heterocycles. The minimum absolute atomic E-state index is 0.0649. The first-order valence-corrected chi connectivity index (χ1v) is 7.14. The molecular weight excluding hydrogens is 284 g/mol. The zero-order chi connectivity index (χ0) is 14.8. The van der Waals surface area contributed by atoms with Crippen LogP contribution >= 0.6 is 0 Å². The average Bonchev–Trinajstić information content (AvgIpc) is 3.07. The molecule has 2 heterocycles. The van der Waals surface area contributed by atoms with E-state index in [1.165, 1.54) is 26.2 Å². The van der Waals surface area contributed by atoms with Gasteiger partial charge >= 0.3 is 0 Å². The maximum Gasteiger partial charge on any atom is 0.287 e. The van der Waals surface area contributed by atoms with E-state index < -0.39 is 15.9 Å². The molecule has 2 N–H and O–H groups in total. The largest absolute Gasteiger partial charge is 0.438 e. The summed E-state index contributed by atoms with van der Waals surface area (Å²) in [6.07, 6.45) is 1.57. The van der Waals surface area contributed by atoms with Crippen molar-refractivity contribution >= 4 is 15.9 Å². The summed E-state index contributed by atoms with van der Waals surface area (Å²) in [7, 11) is -0.908. The number of H-pyrrole nitrogens is 1. The molecule has 9 heteroatoms. The molecule has 1 amide bonds. The molecule has 2 aromatic rings. The van der Waals surface area contributed by atoms with Gasteiger partial charge in [0.2, 0.25) is 5.09 Å². The second kappa shape index (κ2) is 5.47. The highest BCUT2D eigenvalue weighted by Crippen LogP contribution is 2.16. The second-order valence-electron chi connectivity index (χ2n) is 4.17. The number of hydrogen-bond acceptors (Lipinski definition) is 5. The molecule has 20 heavy (non-hydrogen) atoms. The summed E-state index contributed by atoms with van der Waals surface area (Å²) in [5.74, 6) is -0.565. The van der Waals surface area contributed by atoms with E-state index in [-0.39, 0.29) is 17.4 Å². The molecule has 0 aromatic carbocycles. The second-order valence-corrected chi connectivity index (χ2v) is 6.25. The number of aromatic nitrogens is 2.